The number of methoxy groups -OCH3 is 1. The van der Waals surface area contributed by atoms with Gasteiger partial charge in [0.05, 0.1) is 18.4 Å². The molecule has 0 aliphatic heterocycles. The van der Waals surface area contributed by atoms with Crippen molar-refractivity contribution in [1.82, 2.24) is 9.97 Å². The van der Waals surface area contributed by atoms with E-state index in [9.17, 15) is 4.79 Å². The fourth-order valence-corrected chi connectivity index (χ4v) is 2.26. The Balaban J connectivity index is 2.59. The van der Waals surface area contributed by atoms with Gasteiger partial charge in [-0.1, -0.05) is 25.5 Å². The Hall–Kier alpha value is -1.62. The van der Waals surface area contributed by atoms with Crippen LogP contribution in [0.3, 0.4) is 0 Å². The van der Waals surface area contributed by atoms with E-state index >= 15 is 0 Å². The van der Waals surface area contributed by atoms with Crippen LogP contribution in [0.5, 0.6) is 5.75 Å². The van der Waals surface area contributed by atoms with Gasteiger partial charge in [-0.3, -0.25) is 4.79 Å². The van der Waals surface area contributed by atoms with Crippen LogP contribution in [0, 0.1) is 0 Å². The summed E-state index contributed by atoms with van der Waals surface area (Å²) in [4.78, 5) is 19.2. The van der Waals surface area contributed by atoms with Gasteiger partial charge in [-0.2, -0.15) is 0 Å². The number of para-hydroxylation sites is 1. The molecule has 5 heteroatoms. The first-order valence-corrected chi connectivity index (χ1v) is 6.88. The molecular weight excluding hydrogens is 308 g/mol. The molecule has 0 spiro atoms. The summed E-state index contributed by atoms with van der Waals surface area (Å²) in [6.45, 7) is 2.05. The lowest BCUT2D eigenvalue weighted by atomic mass is 10.1. The molecule has 0 aliphatic carbocycles. The van der Waals surface area contributed by atoms with Crippen LogP contribution in [0.4, 0.5) is 0 Å². The molecule has 2 rings (SSSR count). The van der Waals surface area contributed by atoms with Crippen molar-refractivity contribution in [2.24, 2.45) is 0 Å². The molecular formula is C14H15BrN2O2. The molecule has 0 atom stereocenters. The number of rotatable bonds is 4. The first-order valence-electron chi connectivity index (χ1n) is 6.09. The molecule has 100 valence electrons. The number of halogens is 1. The van der Waals surface area contributed by atoms with Crippen molar-refractivity contribution < 1.29 is 4.74 Å². The van der Waals surface area contributed by atoms with Gasteiger partial charge < -0.3 is 9.72 Å². The second-order valence-electron chi connectivity index (χ2n) is 4.13. The monoisotopic (exact) mass is 322 g/mol. The Kier molecular flexibility index (Phi) is 4.37. The number of aromatic nitrogens is 2. The number of hydrogen-bond donors (Lipinski definition) is 1. The smallest absolute Gasteiger partial charge is 0.265 e. The zero-order valence-electron chi connectivity index (χ0n) is 10.9. The summed E-state index contributed by atoms with van der Waals surface area (Å²) < 4.78 is 5.80. The first kappa shape index (κ1) is 13.8. The van der Waals surface area contributed by atoms with Crippen LogP contribution in [-0.2, 0) is 6.42 Å². The van der Waals surface area contributed by atoms with Crippen molar-refractivity contribution in [2.75, 3.05) is 7.11 Å². The van der Waals surface area contributed by atoms with E-state index in [4.69, 9.17) is 4.74 Å². The largest absolute Gasteiger partial charge is 0.496 e. The van der Waals surface area contributed by atoms with Crippen molar-refractivity contribution >= 4 is 15.9 Å². The number of aryl methyl sites for hydroxylation is 1. The number of nitrogens with zero attached hydrogens (tertiary/aromatic N) is 1. The van der Waals surface area contributed by atoms with Crippen molar-refractivity contribution in [1.29, 1.82) is 0 Å². The highest BCUT2D eigenvalue weighted by Gasteiger charge is 2.12. The Labute approximate surface area is 120 Å². The highest BCUT2D eigenvalue weighted by atomic mass is 79.9. The Bertz CT molecular complexity index is 638. The van der Waals surface area contributed by atoms with E-state index in [1.165, 1.54) is 0 Å². The van der Waals surface area contributed by atoms with E-state index in [1.54, 1.807) is 7.11 Å². The zero-order chi connectivity index (χ0) is 13.8. The molecule has 0 radical (unpaired) electrons. The average Bonchev–Trinajstić information content (AvgIpc) is 2.43. The van der Waals surface area contributed by atoms with Gasteiger partial charge in [0.1, 0.15) is 16.0 Å². The summed E-state index contributed by atoms with van der Waals surface area (Å²) in [5, 5.41) is 0. The van der Waals surface area contributed by atoms with Crippen LogP contribution in [-0.4, -0.2) is 17.1 Å². The fourth-order valence-electron chi connectivity index (χ4n) is 1.88. The van der Waals surface area contributed by atoms with Crippen LogP contribution >= 0.6 is 15.9 Å². The van der Waals surface area contributed by atoms with Crippen molar-refractivity contribution in [3.8, 4) is 17.1 Å². The van der Waals surface area contributed by atoms with Crippen LogP contribution < -0.4 is 10.3 Å². The summed E-state index contributed by atoms with van der Waals surface area (Å²) in [6, 6.07) is 7.49. The molecule has 0 saturated heterocycles. The maximum absolute atomic E-state index is 11.9. The lowest BCUT2D eigenvalue weighted by Crippen LogP contribution is -2.13. The van der Waals surface area contributed by atoms with E-state index in [-0.39, 0.29) is 5.56 Å². The predicted molar refractivity (Wildman–Crippen MR) is 78.5 cm³/mol. The van der Waals surface area contributed by atoms with Crippen molar-refractivity contribution in [2.45, 2.75) is 19.8 Å². The molecule has 0 amide bonds. The topological polar surface area (TPSA) is 55.0 Å². The van der Waals surface area contributed by atoms with Gasteiger partial charge in [-0.05, 0) is 34.5 Å². The van der Waals surface area contributed by atoms with Crippen LogP contribution in [0.2, 0.25) is 0 Å². The SMILES string of the molecule is CCCc1nc(-c2ccccc2OC)[nH]c(=O)c1Br. The quantitative estimate of drug-likeness (QED) is 0.940. The number of aromatic amines is 1. The third-order valence-electron chi connectivity index (χ3n) is 2.78. The van der Waals surface area contributed by atoms with E-state index in [0.29, 0.717) is 16.0 Å². The number of ether oxygens (including phenoxy) is 1. The third-order valence-corrected chi connectivity index (χ3v) is 3.60. The summed E-state index contributed by atoms with van der Waals surface area (Å²) >= 11 is 3.29. The van der Waals surface area contributed by atoms with Crippen molar-refractivity contribution in [3.05, 3.63) is 44.8 Å². The van der Waals surface area contributed by atoms with Crippen LogP contribution in [0.25, 0.3) is 11.4 Å². The molecule has 2 aromatic rings. The average molecular weight is 323 g/mol. The number of nitrogens with one attached hydrogen (secondary N) is 1. The number of H-pyrrole nitrogens is 1. The Morgan fingerprint density at radius 2 is 2.11 bits per heavy atom. The lowest BCUT2D eigenvalue weighted by Gasteiger charge is -2.09. The van der Waals surface area contributed by atoms with E-state index in [1.807, 2.05) is 24.3 Å². The molecule has 1 aromatic carbocycles. The van der Waals surface area contributed by atoms with E-state index in [2.05, 4.69) is 32.8 Å². The number of hydrogen-bond acceptors (Lipinski definition) is 3. The second kappa shape index (κ2) is 6.02. The van der Waals surface area contributed by atoms with E-state index in [0.717, 1.165) is 24.1 Å². The summed E-state index contributed by atoms with van der Waals surface area (Å²) in [7, 11) is 1.60. The molecule has 4 nitrogen and oxygen atoms in total. The van der Waals surface area contributed by atoms with Gasteiger partial charge in [0.15, 0.2) is 0 Å². The minimum absolute atomic E-state index is 0.167. The lowest BCUT2D eigenvalue weighted by molar-refractivity contribution is 0.416. The molecule has 1 N–H and O–H groups in total. The summed E-state index contributed by atoms with van der Waals surface area (Å²) in [5.74, 6) is 1.23. The molecule has 0 bridgehead atoms. The molecule has 19 heavy (non-hydrogen) atoms. The zero-order valence-corrected chi connectivity index (χ0v) is 12.5. The van der Waals surface area contributed by atoms with Gasteiger partial charge in [0.25, 0.3) is 5.56 Å². The predicted octanol–water partition coefficient (Wildman–Crippen LogP) is 3.16. The normalized spacial score (nSPS) is 10.5. The minimum atomic E-state index is -0.167. The van der Waals surface area contributed by atoms with Crippen LogP contribution in [0.1, 0.15) is 19.0 Å². The standard InChI is InChI=1S/C14H15BrN2O2/c1-3-6-10-12(15)14(18)17-13(16-10)9-7-4-5-8-11(9)19-2/h4-5,7-8H,3,6H2,1-2H3,(H,16,17,18). The number of benzene rings is 1. The van der Waals surface area contributed by atoms with Gasteiger partial charge in [0, 0.05) is 0 Å². The van der Waals surface area contributed by atoms with Gasteiger partial charge in [-0.15, -0.1) is 0 Å². The fraction of sp³-hybridized carbons (Fsp3) is 0.286. The van der Waals surface area contributed by atoms with Crippen molar-refractivity contribution in [3.63, 3.8) is 0 Å². The highest BCUT2D eigenvalue weighted by molar-refractivity contribution is 9.10. The Morgan fingerprint density at radius 3 is 2.79 bits per heavy atom. The second-order valence-corrected chi connectivity index (χ2v) is 4.92. The molecule has 1 heterocycles. The molecule has 0 fully saturated rings. The van der Waals surface area contributed by atoms with Gasteiger partial charge in [0.2, 0.25) is 0 Å². The van der Waals surface area contributed by atoms with Gasteiger partial charge >= 0.3 is 0 Å². The summed E-state index contributed by atoms with van der Waals surface area (Å²) in [6.07, 6.45) is 1.69. The first-order chi connectivity index (χ1) is 9.17. The highest BCUT2D eigenvalue weighted by Crippen LogP contribution is 2.27. The van der Waals surface area contributed by atoms with E-state index < -0.39 is 0 Å². The van der Waals surface area contributed by atoms with Gasteiger partial charge in [-0.25, -0.2) is 4.98 Å². The maximum atomic E-state index is 11.9. The molecule has 0 saturated carbocycles. The minimum Gasteiger partial charge on any atom is -0.496 e. The molecule has 0 aliphatic rings. The molecule has 1 aromatic heterocycles. The maximum Gasteiger partial charge on any atom is 0.265 e. The summed E-state index contributed by atoms with van der Waals surface area (Å²) in [5.41, 5.74) is 1.39. The Morgan fingerprint density at radius 1 is 1.37 bits per heavy atom. The third kappa shape index (κ3) is 2.87. The molecule has 0 unspecified atom stereocenters. The van der Waals surface area contributed by atoms with Crippen LogP contribution in [0.15, 0.2) is 33.5 Å².